The van der Waals surface area contributed by atoms with E-state index in [9.17, 15) is 9.18 Å². The minimum Gasteiger partial charge on any atom is -0.342 e. The van der Waals surface area contributed by atoms with Gasteiger partial charge in [-0.3, -0.25) is 4.79 Å². The van der Waals surface area contributed by atoms with Crippen LogP contribution in [0.3, 0.4) is 0 Å². The molecule has 1 saturated heterocycles. The van der Waals surface area contributed by atoms with Gasteiger partial charge in [0.25, 0.3) is 5.91 Å². The van der Waals surface area contributed by atoms with Crippen molar-refractivity contribution in [3.8, 4) is 0 Å². The smallest absolute Gasteiger partial charge is 0.255 e. The molecular formula is C19H16Cl2FN3O. The van der Waals surface area contributed by atoms with Crippen LogP contribution in [-0.2, 0) is 0 Å². The highest BCUT2D eigenvalue weighted by atomic mass is 35.5. The van der Waals surface area contributed by atoms with Gasteiger partial charge in [0.05, 0.1) is 26.6 Å². The first kappa shape index (κ1) is 17.3. The summed E-state index contributed by atoms with van der Waals surface area (Å²) in [5, 5.41) is 0.0796. The van der Waals surface area contributed by atoms with Crippen molar-refractivity contribution < 1.29 is 9.18 Å². The van der Waals surface area contributed by atoms with Gasteiger partial charge in [0.15, 0.2) is 0 Å². The highest BCUT2D eigenvalue weighted by Gasteiger charge is 2.27. The number of hydrogen-bond donors (Lipinski definition) is 1. The van der Waals surface area contributed by atoms with E-state index >= 15 is 0 Å². The van der Waals surface area contributed by atoms with Gasteiger partial charge in [-0.15, -0.1) is 0 Å². The van der Waals surface area contributed by atoms with Gasteiger partial charge in [-0.2, -0.15) is 0 Å². The zero-order valence-electron chi connectivity index (χ0n) is 13.8. The fourth-order valence-electron chi connectivity index (χ4n) is 3.38. The standard InChI is InChI=1S/C19H16Cl2FN3O/c20-13-10-14(21)15(22)9-12(13)19(26)25-7-5-11(6-8-25)18-23-16-3-1-2-4-17(16)24-18/h1-4,9-11H,5-8H2,(H,23,24). The molecule has 1 N–H and O–H groups in total. The van der Waals surface area contributed by atoms with Crippen LogP contribution in [0.5, 0.6) is 0 Å². The molecule has 0 radical (unpaired) electrons. The number of aromatic amines is 1. The number of likely N-dealkylation sites (tertiary alicyclic amines) is 1. The lowest BCUT2D eigenvalue weighted by Gasteiger charge is -2.31. The number of carbonyl (C=O) groups excluding carboxylic acids is 1. The van der Waals surface area contributed by atoms with Gasteiger partial charge in [-0.25, -0.2) is 9.37 Å². The molecule has 3 aromatic rings. The first-order chi connectivity index (χ1) is 12.5. The van der Waals surface area contributed by atoms with Crippen LogP contribution in [-0.4, -0.2) is 33.9 Å². The zero-order valence-corrected chi connectivity index (χ0v) is 15.3. The molecule has 134 valence electrons. The number of aromatic nitrogens is 2. The largest absolute Gasteiger partial charge is 0.342 e. The summed E-state index contributed by atoms with van der Waals surface area (Å²) in [5.41, 5.74) is 2.12. The summed E-state index contributed by atoms with van der Waals surface area (Å²) in [5.74, 6) is 0.308. The Bertz CT molecular complexity index is 947. The molecule has 0 spiro atoms. The van der Waals surface area contributed by atoms with Gasteiger partial charge in [0.2, 0.25) is 0 Å². The molecule has 0 saturated carbocycles. The Morgan fingerprint density at radius 1 is 1.15 bits per heavy atom. The summed E-state index contributed by atoms with van der Waals surface area (Å²) < 4.78 is 13.7. The second kappa shape index (κ2) is 6.89. The van der Waals surface area contributed by atoms with E-state index < -0.39 is 5.82 Å². The van der Waals surface area contributed by atoms with Gasteiger partial charge in [-0.05, 0) is 37.1 Å². The highest BCUT2D eigenvalue weighted by Crippen LogP contribution is 2.30. The maximum absolute atomic E-state index is 13.7. The number of carbonyl (C=O) groups is 1. The molecule has 1 aliphatic heterocycles. The van der Waals surface area contributed by atoms with Crippen molar-refractivity contribution in [2.45, 2.75) is 18.8 Å². The van der Waals surface area contributed by atoms with Crippen molar-refractivity contribution in [1.82, 2.24) is 14.9 Å². The van der Waals surface area contributed by atoms with E-state index in [4.69, 9.17) is 23.2 Å². The minimum absolute atomic E-state index is 0.0878. The van der Waals surface area contributed by atoms with Crippen LogP contribution in [0.25, 0.3) is 11.0 Å². The summed E-state index contributed by atoms with van der Waals surface area (Å²) in [6.07, 6.45) is 1.58. The number of hydrogen-bond acceptors (Lipinski definition) is 2. The third-order valence-corrected chi connectivity index (χ3v) is 5.42. The number of imidazole rings is 1. The fourth-order valence-corrected chi connectivity index (χ4v) is 3.84. The van der Waals surface area contributed by atoms with E-state index in [2.05, 4.69) is 9.97 Å². The maximum atomic E-state index is 13.7. The van der Waals surface area contributed by atoms with Crippen molar-refractivity contribution in [2.24, 2.45) is 0 Å². The van der Waals surface area contributed by atoms with Crippen molar-refractivity contribution in [2.75, 3.05) is 13.1 Å². The molecule has 0 atom stereocenters. The van der Waals surface area contributed by atoms with Crippen LogP contribution in [0.2, 0.25) is 10.0 Å². The second-order valence-corrected chi connectivity index (χ2v) is 7.27. The number of fused-ring (bicyclic) bond motifs is 1. The summed E-state index contributed by atoms with van der Waals surface area (Å²) in [6.45, 7) is 1.14. The lowest BCUT2D eigenvalue weighted by molar-refractivity contribution is 0.0711. The van der Waals surface area contributed by atoms with E-state index in [0.29, 0.717) is 13.1 Å². The number of piperidine rings is 1. The quantitative estimate of drug-likeness (QED) is 0.622. The summed E-state index contributed by atoms with van der Waals surface area (Å²) in [6, 6.07) is 10.3. The molecule has 1 aliphatic rings. The maximum Gasteiger partial charge on any atom is 0.255 e. The minimum atomic E-state index is -0.642. The van der Waals surface area contributed by atoms with Crippen LogP contribution in [0.4, 0.5) is 4.39 Å². The zero-order chi connectivity index (χ0) is 18.3. The molecular weight excluding hydrogens is 376 g/mol. The molecule has 7 heteroatoms. The molecule has 26 heavy (non-hydrogen) atoms. The Hall–Kier alpha value is -2.11. The van der Waals surface area contributed by atoms with Crippen LogP contribution in [0, 0.1) is 5.82 Å². The molecule has 1 aromatic heterocycles. The van der Waals surface area contributed by atoms with E-state index in [1.54, 1.807) is 4.90 Å². The van der Waals surface area contributed by atoms with Gasteiger partial charge < -0.3 is 9.88 Å². The average Bonchev–Trinajstić information content (AvgIpc) is 3.08. The second-order valence-electron chi connectivity index (χ2n) is 6.45. The number of benzene rings is 2. The SMILES string of the molecule is O=C(c1cc(F)c(Cl)cc1Cl)N1CCC(c2nc3ccccc3[nH]2)CC1. The van der Waals surface area contributed by atoms with Gasteiger partial charge in [-0.1, -0.05) is 35.3 Å². The first-order valence-electron chi connectivity index (χ1n) is 8.41. The Balaban J connectivity index is 1.48. The number of H-pyrrole nitrogens is 1. The van der Waals surface area contributed by atoms with Crippen molar-refractivity contribution in [1.29, 1.82) is 0 Å². The summed E-state index contributed by atoms with van der Waals surface area (Å²) in [7, 11) is 0. The van der Waals surface area contributed by atoms with Gasteiger partial charge in [0, 0.05) is 19.0 Å². The molecule has 4 nitrogen and oxygen atoms in total. The lowest BCUT2D eigenvalue weighted by atomic mass is 9.95. The van der Waals surface area contributed by atoms with Crippen molar-refractivity contribution >= 4 is 40.1 Å². The third-order valence-electron chi connectivity index (χ3n) is 4.82. The molecule has 0 aliphatic carbocycles. The van der Waals surface area contributed by atoms with E-state index in [0.717, 1.165) is 35.8 Å². The Morgan fingerprint density at radius 3 is 2.62 bits per heavy atom. The van der Waals surface area contributed by atoms with Crippen LogP contribution < -0.4 is 0 Å². The normalized spacial score (nSPS) is 15.6. The highest BCUT2D eigenvalue weighted by molar-refractivity contribution is 6.36. The average molecular weight is 392 g/mol. The molecule has 2 aromatic carbocycles. The van der Waals surface area contributed by atoms with Crippen molar-refractivity contribution in [3.63, 3.8) is 0 Å². The molecule has 1 amide bonds. The van der Waals surface area contributed by atoms with E-state index in [-0.39, 0.29) is 27.4 Å². The first-order valence-corrected chi connectivity index (χ1v) is 9.17. The Labute approximate surface area is 159 Å². The van der Waals surface area contributed by atoms with Crippen LogP contribution in [0.15, 0.2) is 36.4 Å². The van der Waals surface area contributed by atoms with Crippen LogP contribution >= 0.6 is 23.2 Å². The van der Waals surface area contributed by atoms with Crippen LogP contribution in [0.1, 0.15) is 34.9 Å². The molecule has 2 heterocycles. The third kappa shape index (κ3) is 3.17. The van der Waals surface area contributed by atoms with E-state index in [1.807, 2.05) is 24.3 Å². The lowest BCUT2D eigenvalue weighted by Crippen LogP contribution is -2.38. The van der Waals surface area contributed by atoms with Gasteiger partial charge in [0.1, 0.15) is 11.6 Å². The number of rotatable bonds is 2. The number of amides is 1. The number of nitrogens with zero attached hydrogens (tertiary/aromatic N) is 2. The summed E-state index contributed by atoms with van der Waals surface area (Å²) in [4.78, 5) is 22.4. The molecule has 0 unspecified atom stereocenters. The monoisotopic (exact) mass is 391 g/mol. The number of para-hydroxylation sites is 2. The topological polar surface area (TPSA) is 49.0 Å². The Morgan fingerprint density at radius 2 is 1.88 bits per heavy atom. The molecule has 0 bridgehead atoms. The number of halogens is 3. The Kier molecular flexibility index (Phi) is 4.59. The van der Waals surface area contributed by atoms with Crippen molar-refractivity contribution in [3.05, 3.63) is 63.6 Å². The van der Waals surface area contributed by atoms with E-state index in [1.165, 1.54) is 6.07 Å². The predicted molar refractivity (Wildman–Crippen MR) is 100 cm³/mol. The van der Waals surface area contributed by atoms with Gasteiger partial charge >= 0.3 is 0 Å². The molecule has 4 rings (SSSR count). The summed E-state index contributed by atoms with van der Waals surface area (Å²) >= 11 is 11.8. The molecule has 1 fully saturated rings. The fraction of sp³-hybridized carbons (Fsp3) is 0.263. The number of nitrogens with one attached hydrogen (secondary N) is 1. The predicted octanol–water partition coefficient (Wildman–Crippen LogP) is 5.03.